The summed E-state index contributed by atoms with van der Waals surface area (Å²) < 4.78 is 5.89. The van der Waals surface area contributed by atoms with Crippen molar-refractivity contribution in [3.63, 3.8) is 0 Å². The number of carbonyl (C=O) groups is 1. The summed E-state index contributed by atoms with van der Waals surface area (Å²) >= 11 is 0. The Labute approximate surface area is 125 Å². The number of aliphatic carboxylic acids is 1. The Morgan fingerprint density at radius 1 is 1.14 bits per heavy atom. The van der Waals surface area contributed by atoms with Crippen molar-refractivity contribution in [3.8, 4) is 5.75 Å². The highest BCUT2D eigenvalue weighted by Crippen LogP contribution is 2.23. The first kappa shape index (κ1) is 15.1. The van der Waals surface area contributed by atoms with E-state index in [-0.39, 0.29) is 6.42 Å². The van der Waals surface area contributed by atoms with Crippen molar-refractivity contribution < 1.29 is 14.6 Å². The van der Waals surface area contributed by atoms with Crippen molar-refractivity contribution in [1.82, 2.24) is 0 Å². The lowest BCUT2D eigenvalue weighted by molar-refractivity contribution is -0.137. The summed E-state index contributed by atoms with van der Waals surface area (Å²) in [4.78, 5) is 10.6. The first-order chi connectivity index (χ1) is 10.1. The van der Waals surface area contributed by atoms with Gasteiger partial charge in [0.2, 0.25) is 0 Å². The monoisotopic (exact) mass is 284 g/mol. The first-order valence-corrected chi connectivity index (χ1v) is 7.13. The van der Waals surface area contributed by atoms with Crippen LogP contribution >= 0.6 is 0 Å². The third-order valence-corrected chi connectivity index (χ3v) is 3.29. The van der Waals surface area contributed by atoms with Gasteiger partial charge >= 0.3 is 5.97 Å². The van der Waals surface area contributed by atoms with Gasteiger partial charge in [0.25, 0.3) is 0 Å². The van der Waals surface area contributed by atoms with Crippen molar-refractivity contribution in [3.05, 3.63) is 65.2 Å². The lowest BCUT2D eigenvalue weighted by atomic mass is 10.0. The van der Waals surface area contributed by atoms with Gasteiger partial charge < -0.3 is 9.84 Å². The van der Waals surface area contributed by atoms with E-state index in [1.165, 1.54) is 0 Å². The largest absolute Gasteiger partial charge is 0.489 e. The number of aryl methyl sites for hydroxylation is 2. The molecule has 0 unspecified atom stereocenters. The van der Waals surface area contributed by atoms with Gasteiger partial charge in [-0.3, -0.25) is 4.79 Å². The smallest absolute Gasteiger partial charge is 0.303 e. The van der Waals surface area contributed by atoms with Crippen molar-refractivity contribution in [2.45, 2.75) is 32.8 Å². The van der Waals surface area contributed by atoms with Crippen LogP contribution in [-0.2, 0) is 17.8 Å². The third kappa shape index (κ3) is 4.95. The minimum atomic E-state index is -0.755. The molecule has 0 atom stereocenters. The number of ether oxygens (including phenoxy) is 1. The van der Waals surface area contributed by atoms with E-state index in [4.69, 9.17) is 9.84 Å². The van der Waals surface area contributed by atoms with Gasteiger partial charge in [-0.05, 0) is 37.0 Å². The first-order valence-electron chi connectivity index (χ1n) is 7.13. The Kier molecular flexibility index (Phi) is 5.38. The fourth-order valence-electron chi connectivity index (χ4n) is 2.21. The fraction of sp³-hybridized carbons (Fsp3) is 0.278. The van der Waals surface area contributed by atoms with Gasteiger partial charge in [0.1, 0.15) is 12.4 Å². The Balaban J connectivity index is 2.02. The van der Waals surface area contributed by atoms with Crippen LogP contribution < -0.4 is 4.74 Å². The van der Waals surface area contributed by atoms with Crippen molar-refractivity contribution in [2.75, 3.05) is 0 Å². The zero-order chi connectivity index (χ0) is 15.1. The maximum absolute atomic E-state index is 10.6. The standard InChI is InChI=1S/C18H20O3/c1-14-10-11-17(16(12-14)8-5-9-18(19)20)21-13-15-6-3-2-4-7-15/h2-4,6-7,10-12H,5,8-9,13H2,1H3,(H,19,20). The highest BCUT2D eigenvalue weighted by molar-refractivity contribution is 5.66. The Morgan fingerprint density at radius 2 is 1.90 bits per heavy atom. The normalized spacial score (nSPS) is 10.3. The molecule has 1 N–H and O–H groups in total. The van der Waals surface area contributed by atoms with E-state index in [0.29, 0.717) is 13.0 Å². The molecule has 0 aliphatic heterocycles. The molecule has 0 heterocycles. The Hall–Kier alpha value is -2.29. The quantitative estimate of drug-likeness (QED) is 0.836. The predicted octanol–water partition coefficient (Wildman–Crippen LogP) is 3.98. The molecule has 2 rings (SSSR count). The van der Waals surface area contributed by atoms with Crippen LogP contribution in [0.4, 0.5) is 0 Å². The minimum Gasteiger partial charge on any atom is -0.489 e. The van der Waals surface area contributed by atoms with Crippen LogP contribution in [0.5, 0.6) is 5.75 Å². The Morgan fingerprint density at radius 3 is 2.62 bits per heavy atom. The van der Waals surface area contributed by atoms with Gasteiger partial charge in [-0.25, -0.2) is 0 Å². The van der Waals surface area contributed by atoms with Crippen LogP contribution in [0.3, 0.4) is 0 Å². The molecule has 0 fully saturated rings. The van der Waals surface area contributed by atoms with Gasteiger partial charge in [0, 0.05) is 6.42 Å². The summed E-state index contributed by atoms with van der Waals surface area (Å²) in [5.74, 6) is 0.0873. The van der Waals surface area contributed by atoms with Gasteiger partial charge in [-0.1, -0.05) is 48.0 Å². The van der Waals surface area contributed by atoms with E-state index < -0.39 is 5.97 Å². The molecule has 0 radical (unpaired) electrons. The minimum absolute atomic E-state index is 0.187. The summed E-state index contributed by atoms with van der Waals surface area (Å²) in [7, 11) is 0. The average molecular weight is 284 g/mol. The van der Waals surface area contributed by atoms with Crippen molar-refractivity contribution in [1.29, 1.82) is 0 Å². The van der Waals surface area contributed by atoms with Crippen LogP contribution in [-0.4, -0.2) is 11.1 Å². The van der Waals surface area contributed by atoms with Crippen LogP contribution in [0.25, 0.3) is 0 Å². The average Bonchev–Trinajstić information content (AvgIpc) is 2.47. The maximum atomic E-state index is 10.6. The third-order valence-electron chi connectivity index (χ3n) is 3.29. The number of rotatable bonds is 7. The van der Waals surface area contributed by atoms with Crippen LogP contribution in [0.1, 0.15) is 29.5 Å². The summed E-state index contributed by atoms with van der Waals surface area (Å²) in [5, 5.41) is 8.74. The molecule has 3 heteroatoms. The van der Waals surface area contributed by atoms with Crippen LogP contribution in [0.15, 0.2) is 48.5 Å². The number of benzene rings is 2. The number of carboxylic acids is 1. The van der Waals surface area contributed by atoms with Crippen LogP contribution in [0, 0.1) is 6.92 Å². The molecule has 0 bridgehead atoms. The molecule has 0 spiro atoms. The summed E-state index contributed by atoms with van der Waals surface area (Å²) in [5.41, 5.74) is 3.36. The molecule has 0 saturated heterocycles. The number of hydrogen-bond donors (Lipinski definition) is 1. The molecule has 0 aliphatic carbocycles. The van der Waals surface area contributed by atoms with E-state index in [0.717, 1.165) is 28.9 Å². The van der Waals surface area contributed by atoms with Gasteiger partial charge in [-0.15, -0.1) is 0 Å². The second kappa shape index (κ2) is 7.48. The fourth-order valence-corrected chi connectivity index (χ4v) is 2.21. The summed E-state index contributed by atoms with van der Waals surface area (Å²) in [6.07, 6.45) is 1.53. The number of carboxylic acid groups (broad SMARTS) is 1. The Bertz CT molecular complexity index is 591. The van der Waals surface area contributed by atoms with Gasteiger partial charge in [-0.2, -0.15) is 0 Å². The molecule has 21 heavy (non-hydrogen) atoms. The molecule has 2 aromatic carbocycles. The molecule has 0 saturated carbocycles. The lowest BCUT2D eigenvalue weighted by Gasteiger charge is -2.12. The second-order valence-corrected chi connectivity index (χ2v) is 5.13. The molecule has 2 aromatic rings. The van der Waals surface area contributed by atoms with Gasteiger partial charge in [0.15, 0.2) is 0 Å². The zero-order valence-corrected chi connectivity index (χ0v) is 12.2. The molecule has 0 amide bonds. The van der Waals surface area contributed by atoms with E-state index in [1.54, 1.807) is 0 Å². The predicted molar refractivity (Wildman–Crippen MR) is 82.5 cm³/mol. The highest BCUT2D eigenvalue weighted by Gasteiger charge is 2.06. The van der Waals surface area contributed by atoms with E-state index in [9.17, 15) is 4.79 Å². The van der Waals surface area contributed by atoms with Crippen LogP contribution in [0.2, 0.25) is 0 Å². The maximum Gasteiger partial charge on any atom is 0.303 e. The second-order valence-electron chi connectivity index (χ2n) is 5.13. The molecular formula is C18H20O3. The molecule has 0 aliphatic rings. The SMILES string of the molecule is Cc1ccc(OCc2ccccc2)c(CCCC(=O)O)c1. The van der Waals surface area contributed by atoms with E-state index in [2.05, 4.69) is 6.07 Å². The van der Waals surface area contributed by atoms with Crippen molar-refractivity contribution >= 4 is 5.97 Å². The molecule has 3 nitrogen and oxygen atoms in total. The van der Waals surface area contributed by atoms with E-state index in [1.807, 2.05) is 49.4 Å². The van der Waals surface area contributed by atoms with Crippen molar-refractivity contribution in [2.24, 2.45) is 0 Å². The zero-order valence-electron chi connectivity index (χ0n) is 12.2. The molecular weight excluding hydrogens is 264 g/mol. The topological polar surface area (TPSA) is 46.5 Å². The highest BCUT2D eigenvalue weighted by atomic mass is 16.5. The molecule has 0 aromatic heterocycles. The number of hydrogen-bond acceptors (Lipinski definition) is 2. The summed E-state index contributed by atoms with van der Waals surface area (Å²) in [6, 6.07) is 16.1. The van der Waals surface area contributed by atoms with Gasteiger partial charge in [0.05, 0.1) is 0 Å². The summed E-state index contributed by atoms with van der Waals surface area (Å²) in [6.45, 7) is 2.55. The molecule has 110 valence electrons. The van der Waals surface area contributed by atoms with E-state index >= 15 is 0 Å². The lowest BCUT2D eigenvalue weighted by Crippen LogP contribution is -2.01.